The van der Waals surface area contributed by atoms with E-state index in [9.17, 15) is 14.7 Å². The van der Waals surface area contributed by atoms with E-state index < -0.39 is 0 Å². The van der Waals surface area contributed by atoms with Crippen molar-refractivity contribution in [1.29, 1.82) is 0 Å². The molecule has 0 atom stereocenters. The van der Waals surface area contributed by atoms with Gasteiger partial charge in [0, 0.05) is 19.5 Å². The van der Waals surface area contributed by atoms with Crippen molar-refractivity contribution in [2.24, 2.45) is 0 Å². The van der Waals surface area contributed by atoms with Gasteiger partial charge < -0.3 is 15.7 Å². The number of carbonyl (C=O) groups excluding carboxylic acids is 2. The van der Waals surface area contributed by atoms with Gasteiger partial charge in [0.15, 0.2) is 0 Å². The van der Waals surface area contributed by atoms with Crippen LogP contribution in [0.2, 0.25) is 0 Å². The zero-order chi connectivity index (χ0) is 13.4. The first-order valence-corrected chi connectivity index (χ1v) is 5.98. The minimum absolute atomic E-state index is 0.0192. The number of rotatable bonds is 6. The lowest BCUT2D eigenvalue weighted by atomic mass is 10.2. The first-order chi connectivity index (χ1) is 8.65. The lowest BCUT2D eigenvalue weighted by Gasteiger charge is -2.07. The second kappa shape index (κ2) is 7.32. The molecule has 0 aliphatic carbocycles. The summed E-state index contributed by atoms with van der Waals surface area (Å²) in [6.45, 7) is 2.65. The number of nitrogens with one attached hydrogen (secondary N) is 2. The summed E-state index contributed by atoms with van der Waals surface area (Å²) in [4.78, 5) is 22.8. The van der Waals surface area contributed by atoms with Crippen molar-refractivity contribution in [3.63, 3.8) is 0 Å². The maximum absolute atomic E-state index is 11.7. The molecule has 1 rings (SSSR count). The van der Waals surface area contributed by atoms with E-state index in [1.165, 1.54) is 6.07 Å². The summed E-state index contributed by atoms with van der Waals surface area (Å²) in [7, 11) is 0. The molecule has 2 amide bonds. The van der Waals surface area contributed by atoms with E-state index in [0.717, 1.165) is 6.42 Å². The van der Waals surface area contributed by atoms with Gasteiger partial charge in [0.1, 0.15) is 5.75 Å². The van der Waals surface area contributed by atoms with Gasteiger partial charge in [0.25, 0.3) is 5.91 Å². The molecule has 3 N–H and O–H groups in total. The maximum Gasteiger partial charge on any atom is 0.255 e. The minimum atomic E-state index is -0.349. The van der Waals surface area contributed by atoms with Crippen LogP contribution in [0.5, 0.6) is 5.75 Å². The zero-order valence-corrected chi connectivity index (χ0v) is 10.4. The predicted molar refractivity (Wildman–Crippen MR) is 68.4 cm³/mol. The summed E-state index contributed by atoms with van der Waals surface area (Å²) >= 11 is 0. The normalized spacial score (nSPS) is 9.83. The van der Waals surface area contributed by atoms with Crippen molar-refractivity contribution < 1.29 is 14.7 Å². The third kappa shape index (κ3) is 4.45. The number of aromatic hydroxyl groups is 1. The molecule has 0 aromatic heterocycles. The fourth-order valence-corrected chi connectivity index (χ4v) is 1.45. The van der Waals surface area contributed by atoms with Crippen molar-refractivity contribution >= 4 is 11.8 Å². The lowest BCUT2D eigenvalue weighted by Crippen LogP contribution is -2.34. The molecular formula is C13H18N2O3. The molecule has 0 unspecified atom stereocenters. The van der Waals surface area contributed by atoms with E-state index in [1.807, 2.05) is 6.92 Å². The summed E-state index contributed by atoms with van der Waals surface area (Å²) in [5.41, 5.74) is 0.234. The molecule has 5 nitrogen and oxygen atoms in total. The number of carbonyl (C=O) groups is 2. The second-order valence-electron chi connectivity index (χ2n) is 3.87. The molecule has 0 saturated heterocycles. The molecule has 5 heteroatoms. The van der Waals surface area contributed by atoms with Gasteiger partial charge in [-0.3, -0.25) is 9.59 Å². The smallest absolute Gasteiger partial charge is 0.255 e. The number of phenolic OH excluding ortho intramolecular Hbond substituents is 1. The van der Waals surface area contributed by atoms with E-state index in [1.54, 1.807) is 18.2 Å². The average Bonchev–Trinajstić information content (AvgIpc) is 2.35. The molecule has 0 radical (unpaired) electrons. The Bertz CT molecular complexity index is 418. The van der Waals surface area contributed by atoms with Crippen LogP contribution < -0.4 is 10.6 Å². The molecule has 98 valence electrons. The van der Waals surface area contributed by atoms with Gasteiger partial charge in [-0.15, -0.1) is 0 Å². The van der Waals surface area contributed by atoms with Crippen LogP contribution in [0.25, 0.3) is 0 Å². The van der Waals surface area contributed by atoms with Gasteiger partial charge in [-0.1, -0.05) is 19.1 Å². The van der Waals surface area contributed by atoms with Gasteiger partial charge in [-0.05, 0) is 18.6 Å². The van der Waals surface area contributed by atoms with Crippen LogP contribution in [-0.2, 0) is 4.79 Å². The monoisotopic (exact) mass is 250 g/mol. The van der Waals surface area contributed by atoms with E-state index in [4.69, 9.17) is 0 Å². The van der Waals surface area contributed by atoms with Crippen LogP contribution in [0.4, 0.5) is 0 Å². The second-order valence-corrected chi connectivity index (χ2v) is 3.87. The van der Waals surface area contributed by atoms with Gasteiger partial charge in [0.05, 0.1) is 5.56 Å². The SMILES string of the molecule is CCCC(=O)NCCNC(=O)c1ccccc1O. The Morgan fingerprint density at radius 2 is 1.83 bits per heavy atom. The fourth-order valence-electron chi connectivity index (χ4n) is 1.45. The average molecular weight is 250 g/mol. The summed E-state index contributed by atoms with van der Waals surface area (Å²) in [6, 6.07) is 6.33. The number of amides is 2. The van der Waals surface area contributed by atoms with Gasteiger partial charge in [-0.2, -0.15) is 0 Å². The molecule has 0 heterocycles. The van der Waals surface area contributed by atoms with E-state index in [2.05, 4.69) is 10.6 Å². The molecule has 0 saturated carbocycles. The highest BCUT2D eigenvalue weighted by atomic mass is 16.3. The van der Waals surface area contributed by atoms with Crippen molar-refractivity contribution in [2.75, 3.05) is 13.1 Å². The summed E-state index contributed by atoms with van der Waals surface area (Å²) < 4.78 is 0. The van der Waals surface area contributed by atoms with Gasteiger partial charge in [-0.25, -0.2) is 0 Å². The van der Waals surface area contributed by atoms with Crippen LogP contribution in [0.15, 0.2) is 24.3 Å². The Hall–Kier alpha value is -2.04. The van der Waals surface area contributed by atoms with Crippen LogP contribution in [0.3, 0.4) is 0 Å². The zero-order valence-electron chi connectivity index (χ0n) is 10.4. The van der Waals surface area contributed by atoms with Crippen LogP contribution in [0.1, 0.15) is 30.1 Å². The Balaban J connectivity index is 2.30. The molecule has 0 aliphatic heterocycles. The van der Waals surface area contributed by atoms with Crippen molar-refractivity contribution in [1.82, 2.24) is 10.6 Å². The molecule has 0 bridgehead atoms. The van der Waals surface area contributed by atoms with Gasteiger partial charge >= 0.3 is 0 Å². The van der Waals surface area contributed by atoms with Crippen LogP contribution in [0, 0.1) is 0 Å². The largest absolute Gasteiger partial charge is 0.507 e. The maximum atomic E-state index is 11.7. The Morgan fingerprint density at radius 3 is 2.50 bits per heavy atom. The summed E-state index contributed by atoms with van der Waals surface area (Å²) in [5.74, 6) is -0.419. The molecular weight excluding hydrogens is 232 g/mol. The van der Waals surface area contributed by atoms with Crippen LogP contribution >= 0.6 is 0 Å². The predicted octanol–water partition coefficient (Wildman–Crippen LogP) is 1.04. The molecule has 0 fully saturated rings. The number of benzene rings is 1. The highest BCUT2D eigenvalue weighted by molar-refractivity contribution is 5.96. The molecule has 0 spiro atoms. The van der Waals surface area contributed by atoms with Crippen LogP contribution in [-0.4, -0.2) is 30.0 Å². The number of phenols is 1. The van der Waals surface area contributed by atoms with Crippen molar-refractivity contribution in [3.05, 3.63) is 29.8 Å². The third-order valence-corrected chi connectivity index (χ3v) is 2.36. The Labute approximate surface area is 106 Å². The molecule has 18 heavy (non-hydrogen) atoms. The molecule has 1 aromatic rings. The number of hydrogen-bond acceptors (Lipinski definition) is 3. The highest BCUT2D eigenvalue weighted by Crippen LogP contribution is 2.14. The Kier molecular flexibility index (Phi) is 5.70. The highest BCUT2D eigenvalue weighted by Gasteiger charge is 2.08. The van der Waals surface area contributed by atoms with E-state index >= 15 is 0 Å². The standard InChI is InChI=1S/C13H18N2O3/c1-2-5-12(17)14-8-9-15-13(18)10-6-3-4-7-11(10)16/h3-4,6-7,16H,2,5,8-9H2,1H3,(H,14,17)(H,15,18). The number of para-hydroxylation sites is 1. The van der Waals surface area contributed by atoms with E-state index in [0.29, 0.717) is 19.5 Å². The van der Waals surface area contributed by atoms with E-state index in [-0.39, 0.29) is 23.1 Å². The fraction of sp³-hybridized carbons (Fsp3) is 0.385. The first kappa shape index (κ1) is 14.0. The lowest BCUT2D eigenvalue weighted by molar-refractivity contribution is -0.121. The van der Waals surface area contributed by atoms with Crippen molar-refractivity contribution in [3.8, 4) is 5.75 Å². The topological polar surface area (TPSA) is 78.4 Å². The molecule has 0 aliphatic rings. The first-order valence-electron chi connectivity index (χ1n) is 5.98. The van der Waals surface area contributed by atoms with Gasteiger partial charge in [0.2, 0.25) is 5.91 Å². The quantitative estimate of drug-likeness (QED) is 0.660. The number of hydrogen-bond donors (Lipinski definition) is 3. The third-order valence-electron chi connectivity index (χ3n) is 2.36. The summed E-state index contributed by atoms with van der Waals surface area (Å²) in [6.07, 6.45) is 1.30. The minimum Gasteiger partial charge on any atom is -0.507 e. The van der Waals surface area contributed by atoms with Crippen molar-refractivity contribution in [2.45, 2.75) is 19.8 Å². The molecule has 1 aromatic carbocycles. The Morgan fingerprint density at radius 1 is 1.17 bits per heavy atom. The summed E-state index contributed by atoms with van der Waals surface area (Å²) in [5, 5.41) is 14.8.